The molecule has 0 aliphatic rings. The molecule has 0 fully saturated rings. The largest absolute Gasteiger partial charge is 0.332 e. The van der Waals surface area contributed by atoms with Crippen LogP contribution in [0.15, 0.2) is 83.7 Å². The minimum atomic E-state index is -0.799. The zero-order valence-electron chi connectivity index (χ0n) is 20.0. The zero-order chi connectivity index (χ0) is 24.9. The van der Waals surface area contributed by atoms with E-state index < -0.39 is 6.04 Å². The molecule has 0 unspecified atom stereocenters. The molecule has 0 saturated carbocycles. The molecule has 1 atom stereocenters. The molecule has 0 aliphatic heterocycles. The average molecular weight is 485 g/mol. The van der Waals surface area contributed by atoms with Crippen LogP contribution in [0.4, 0.5) is 5.69 Å². The minimum Gasteiger partial charge on any atom is -0.332 e. The average Bonchev–Trinajstić information content (AvgIpc) is 2.83. The van der Waals surface area contributed by atoms with Crippen molar-refractivity contribution in [2.45, 2.75) is 33.2 Å². The number of aromatic nitrogens is 2. The highest BCUT2D eigenvalue weighted by Gasteiger charge is 2.28. The Hall–Kier alpha value is -3.84. The van der Waals surface area contributed by atoms with Crippen molar-refractivity contribution in [2.75, 3.05) is 5.32 Å². The van der Waals surface area contributed by atoms with Gasteiger partial charge in [-0.15, -0.1) is 0 Å². The van der Waals surface area contributed by atoms with Crippen molar-refractivity contribution in [1.82, 2.24) is 14.9 Å². The van der Waals surface area contributed by atoms with Gasteiger partial charge in [0.1, 0.15) is 11.9 Å². The van der Waals surface area contributed by atoms with E-state index >= 15 is 0 Å². The molecule has 1 heterocycles. The first-order valence-electron chi connectivity index (χ1n) is 11.6. The van der Waals surface area contributed by atoms with E-state index in [0.29, 0.717) is 23.1 Å². The molecule has 2 N–H and O–H groups in total. The van der Waals surface area contributed by atoms with E-state index in [1.165, 1.54) is 4.57 Å². The van der Waals surface area contributed by atoms with Crippen molar-refractivity contribution in [2.24, 2.45) is 5.92 Å². The van der Waals surface area contributed by atoms with Crippen LogP contribution in [0.2, 0.25) is 0 Å². The van der Waals surface area contributed by atoms with Gasteiger partial charge in [0.2, 0.25) is 5.91 Å². The molecule has 35 heavy (non-hydrogen) atoms. The fourth-order valence-electron chi connectivity index (χ4n) is 4.08. The van der Waals surface area contributed by atoms with Crippen LogP contribution in [0.1, 0.15) is 31.9 Å². The van der Waals surface area contributed by atoms with Gasteiger partial charge in [0.15, 0.2) is 5.11 Å². The van der Waals surface area contributed by atoms with Gasteiger partial charge in [-0.3, -0.25) is 14.2 Å². The van der Waals surface area contributed by atoms with Crippen LogP contribution >= 0.6 is 12.2 Å². The van der Waals surface area contributed by atoms with Crippen molar-refractivity contribution in [3.05, 3.63) is 94.8 Å². The molecular formula is C28H28N4O2S. The number of benzene rings is 3. The van der Waals surface area contributed by atoms with Crippen LogP contribution in [0.3, 0.4) is 0 Å². The van der Waals surface area contributed by atoms with Crippen LogP contribution in [0.5, 0.6) is 0 Å². The first-order chi connectivity index (χ1) is 16.8. The van der Waals surface area contributed by atoms with Crippen molar-refractivity contribution in [1.29, 1.82) is 0 Å². The molecular weight excluding hydrogens is 456 g/mol. The lowest BCUT2D eigenvalue weighted by Gasteiger charge is -2.24. The molecule has 3 aromatic carbocycles. The van der Waals surface area contributed by atoms with Gasteiger partial charge in [0.05, 0.1) is 10.9 Å². The van der Waals surface area contributed by atoms with E-state index in [-0.39, 0.29) is 22.5 Å². The molecule has 4 aromatic rings. The molecule has 0 saturated heterocycles. The number of para-hydroxylation sites is 1. The molecule has 0 aliphatic carbocycles. The van der Waals surface area contributed by atoms with E-state index in [1.807, 2.05) is 87.5 Å². The molecule has 7 heteroatoms. The molecule has 1 amide bonds. The predicted molar refractivity (Wildman–Crippen MR) is 145 cm³/mol. The van der Waals surface area contributed by atoms with Crippen molar-refractivity contribution in [3.8, 4) is 11.4 Å². The second-order valence-electron chi connectivity index (χ2n) is 8.95. The molecule has 1 aromatic heterocycles. The first-order valence-corrected chi connectivity index (χ1v) is 12.0. The van der Waals surface area contributed by atoms with Gasteiger partial charge in [0.25, 0.3) is 5.56 Å². The van der Waals surface area contributed by atoms with Crippen molar-refractivity contribution < 1.29 is 4.79 Å². The van der Waals surface area contributed by atoms with Gasteiger partial charge in [-0.1, -0.05) is 68.4 Å². The number of carbonyl (C=O) groups is 1. The number of hydrogen-bond donors (Lipinski definition) is 2. The summed E-state index contributed by atoms with van der Waals surface area (Å²) in [6.07, 6.45) is 0.443. The Morgan fingerprint density at radius 2 is 1.71 bits per heavy atom. The molecule has 4 rings (SSSR count). The maximum absolute atomic E-state index is 13.8. The monoisotopic (exact) mass is 484 g/mol. The molecule has 0 spiro atoms. The number of fused-ring (bicyclic) bond motifs is 1. The number of thiocarbonyl (C=S) groups is 1. The quantitative estimate of drug-likeness (QED) is 0.355. The topological polar surface area (TPSA) is 76.0 Å². The fraction of sp³-hybridized carbons (Fsp3) is 0.214. The number of aryl methyl sites for hydroxylation is 1. The Balaban J connectivity index is 1.77. The maximum Gasteiger partial charge on any atom is 0.262 e. The van der Waals surface area contributed by atoms with Crippen molar-refractivity contribution >= 4 is 39.8 Å². The fourth-order valence-corrected chi connectivity index (χ4v) is 4.30. The lowest BCUT2D eigenvalue weighted by atomic mass is 10.0. The van der Waals surface area contributed by atoms with E-state index in [0.717, 1.165) is 16.8 Å². The molecule has 178 valence electrons. The lowest BCUT2D eigenvalue weighted by molar-refractivity contribution is -0.123. The summed E-state index contributed by atoms with van der Waals surface area (Å²) >= 11 is 5.43. The number of rotatable bonds is 6. The molecule has 0 bridgehead atoms. The Labute approximate surface area is 210 Å². The number of hydrogen-bond acceptors (Lipinski definition) is 4. The number of nitrogens with one attached hydrogen (secondary N) is 2. The Morgan fingerprint density at radius 3 is 2.43 bits per heavy atom. The summed E-state index contributed by atoms with van der Waals surface area (Å²) in [4.78, 5) is 32.2. The second kappa shape index (κ2) is 10.6. The summed E-state index contributed by atoms with van der Waals surface area (Å²) in [7, 11) is 0. The summed E-state index contributed by atoms with van der Waals surface area (Å²) < 4.78 is 1.52. The third-order valence-electron chi connectivity index (χ3n) is 5.66. The van der Waals surface area contributed by atoms with E-state index in [1.54, 1.807) is 12.1 Å². The molecule has 6 nitrogen and oxygen atoms in total. The summed E-state index contributed by atoms with van der Waals surface area (Å²) in [6, 6.07) is 23.6. The molecule has 0 radical (unpaired) electrons. The number of anilines is 1. The van der Waals surface area contributed by atoms with Crippen LogP contribution in [-0.2, 0) is 4.79 Å². The number of carbonyl (C=O) groups excluding carboxylic acids is 1. The highest BCUT2D eigenvalue weighted by molar-refractivity contribution is 7.80. The minimum absolute atomic E-state index is 0.144. The zero-order valence-corrected chi connectivity index (χ0v) is 20.8. The third-order valence-corrected chi connectivity index (χ3v) is 5.87. The Bertz CT molecular complexity index is 1430. The van der Waals surface area contributed by atoms with E-state index in [9.17, 15) is 9.59 Å². The first kappa shape index (κ1) is 24.3. The third kappa shape index (κ3) is 5.63. The van der Waals surface area contributed by atoms with Crippen LogP contribution in [0, 0.1) is 12.8 Å². The summed E-state index contributed by atoms with van der Waals surface area (Å²) in [6.45, 7) is 6.02. The SMILES string of the molecule is Cc1cccc(NC(=S)NC(=O)[C@@H](CC(C)C)n2c(-c3ccccc3)nc3ccccc3c2=O)c1. The highest BCUT2D eigenvalue weighted by atomic mass is 32.1. The maximum atomic E-state index is 13.8. The lowest BCUT2D eigenvalue weighted by Crippen LogP contribution is -2.43. The van der Waals surface area contributed by atoms with Gasteiger partial charge >= 0.3 is 0 Å². The Kier molecular flexibility index (Phi) is 7.36. The van der Waals surface area contributed by atoms with Gasteiger partial charge in [-0.05, 0) is 61.3 Å². The van der Waals surface area contributed by atoms with Crippen LogP contribution in [0.25, 0.3) is 22.3 Å². The standard InChI is InChI=1S/C28H28N4O2S/c1-18(2)16-24(26(33)31-28(35)29-21-13-9-10-19(3)17-21)32-25(20-11-5-4-6-12-20)30-23-15-8-7-14-22(23)27(32)34/h4-15,17-18,24H,16H2,1-3H3,(H2,29,31,33,35)/t24-/m1/s1. The Morgan fingerprint density at radius 1 is 1.00 bits per heavy atom. The number of nitrogens with zero attached hydrogens (tertiary/aromatic N) is 2. The highest BCUT2D eigenvalue weighted by Crippen LogP contribution is 2.25. The van der Waals surface area contributed by atoms with Gasteiger partial charge in [-0.25, -0.2) is 4.98 Å². The van der Waals surface area contributed by atoms with Crippen LogP contribution in [-0.4, -0.2) is 20.6 Å². The summed E-state index contributed by atoms with van der Waals surface area (Å²) in [5.74, 6) is 0.235. The summed E-state index contributed by atoms with van der Waals surface area (Å²) in [5.41, 5.74) is 2.95. The van der Waals surface area contributed by atoms with Crippen molar-refractivity contribution in [3.63, 3.8) is 0 Å². The number of amides is 1. The van der Waals surface area contributed by atoms with Gasteiger partial charge in [0, 0.05) is 11.3 Å². The smallest absolute Gasteiger partial charge is 0.262 e. The predicted octanol–water partition coefficient (Wildman–Crippen LogP) is 5.47. The second-order valence-corrected chi connectivity index (χ2v) is 9.36. The van der Waals surface area contributed by atoms with Crippen LogP contribution < -0.4 is 16.2 Å². The van der Waals surface area contributed by atoms with Gasteiger partial charge < -0.3 is 10.6 Å². The van der Waals surface area contributed by atoms with E-state index in [4.69, 9.17) is 17.2 Å². The van der Waals surface area contributed by atoms with E-state index in [2.05, 4.69) is 10.6 Å². The summed E-state index contributed by atoms with van der Waals surface area (Å²) in [5, 5.41) is 6.51. The normalized spacial score (nSPS) is 11.9. The van der Waals surface area contributed by atoms with Gasteiger partial charge in [-0.2, -0.15) is 0 Å².